The van der Waals surface area contributed by atoms with E-state index in [0.29, 0.717) is 12.3 Å². The summed E-state index contributed by atoms with van der Waals surface area (Å²) in [5.74, 6) is 0.389. The molecule has 3 rings (SSSR count). The Kier molecular flexibility index (Phi) is 5.58. The molecule has 1 fully saturated rings. The molecule has 24 heavy (non-hydrogen) atoms. The summed E-state index contributed by atoms with van der Waals surface area (Å²) in [4.78, 5) is 16.4. The first-order valence-electron chi connectivity index (χ1n) is 8.23. The van der Waals surface area contributed by atoms with Gasteiger partial charge in [-0.25, -0.2) is 4.98 Å². The number of rotatable bonds is 6. The molecular weight excluding hydrogens is 322 g/mol. The predicted octanol–water partition coefficient (Wildman–Crippen LogP) is 2.78. The second-order valence-corrected chi connectivity index (χ2v) is 7.02. The molecule has 6 heteroatoms. The van der Waals surface area contributed by atoms with Crippen LogP contribution in [0.3, 0.4) is 0 Å². The van der Waals surface area contributed by atoms with Crippen molar-refractivity contribution in [2.75, 3.05) is 18.9 Å². The summed E-state index contributed by atoms with van der Waals surface area (Å²) in [7, 11) is 1.98. The number of carbonyl (C=O) groups excluding carboxylic acids is 1. The van der Waals surface area contributed by atoms with Crippen LogP contribution in [0, 0.1) is 6.92 Å². The molecule has 1 aliphatic heterocycles. The predicted molar refractivity (Wildman–Crippen MR) is 96.1 cm³/mol. The van der Waals surface area contributed by atoms with Gasteiger partial charge in [-0.2, -0.15) is 0 Å². The lowest BCUT2D eigenvalue weighted by Gasteiger charge is -2.10. The third kappa shape index (κ3) is 4.19. The molecular formula is C18H23N3O2S. The summed E-state index contributed by atoms with van der Waals surface area (Å²) < 4.78 is 7.54. The van der Waals surface area contributed by atoms with Crippen molar-refractivity contribution in [1.29, 1.82) is 0 Å². The fourth-order valence-electron chi connectivity index (χ4n) is 2.73. The smallest absolute Gasteiger partial charge is 0.230 e. The van der Waals surface area contributed by atoms with Gasteiger partial charge in [-0.1, -0.05) is 41.6 Å². The number of imidazole rings is 1. The molecule has 1 aromatic carbocycles. The molecule has 1 atom stereocenters. The highest BCUT2D eigenvalue weighted by molar-refractivity contribution is 7.99. The Morgan fingerprint density at radius 2 is 2.21 bits per heavy atom. The van der Waals surface area contributed by atoms with Crippen molar-refractivity contribution in [3.05, 3.63) is 36.0 Å². The summed E-state index contributed by atoms with van der Waals surface area (Å²) in [6.07, 6.45) is 4.16. The van der Waals surface area contributed by atoms with Crippen LogP contribution in [-0.2, 0) is 16.6 Å². The van der Waals surface area contributed by atoms with Crippen LogP contribution < -0.4 is 5.32 Å². The quantitative estimate of drug-likeness (QED) is 0.818. The topological polar surface area (TPSA) is 56.1 Å². The van der Waals surface area contributed by atoms with Crippen LogP contribution in [0.5, 0.6) is 0 Å². The molecule has 1 amide bonds. The van der Waals surface area contributed by atoms with Crippen molar-refractivity contribution in [1.82, 2.24) is 14.9 Å². The van der Waals surface area contributed by atoms with Gasteiger partial charge in [0.1, 0.15) is 0 Å². The van der Waals surface area contributed by atoms with Crippen LogP contribution >= 0.6 is 11.8 Å². The molecule has 1 aromatic heterocycles. The van der Waals surface area contributed by atoms with Crippen molar-refractivity contribution in [2.45, 2.75) is 31.0 Å². The Labute approximate surface area is 146 Å². The van der Waals surface area contributed by atoms with Gasteiger partial charge in [-0.05, 0) is 25.3 Å². The van der Waals surface area contributed by atoms with Crippen LogP contribution in [0.25, 0.3) is 11.3 Å². The summed E-state index contributed by atoms with van der Waals surface area (Å²) in [5, 5.41) is 3.78. The first kappa shape index (κ1) is 17.0. The van der Waals surface area contributed by atoms with Gasteiger partial charge in [-0.15, -0.1) is 0 Å². The van der Waals surface area contributed by atoms with E-state index < -0.39 is 0 Å². The Hall–Kier alpha value is -1.79. The monoisotopic (exact) mass is 345 g/mol. The molecule has 128 valence electrons. The average molecular weight is 345 g/mol. The molecule has 2 aromatic rings. The number of carbonyl (C=O) groups is 1. The Balaban J connectivity index is 1.54. The Morgan fingerprint density at radius 3 is 2.92 bits per heavy atom. The van der Waals surface area contributed by atoms with Gasteiger partial charge >= 0.3 is 0 Å². The SMILES string of the molecule is Cc1ccc(-c2cnc(SCC(=O)NCC3CCCO3)n2C)cc1. The number of amides is 1. The molecule has 0 aliphatic carbocycles. The van der Waals surface area contributed by atoms with E-state index in [0.717, 1.165) is 35.9 Å². The number of benzene rings is 1. The normalized spacial score (nSPS) is 17.2. The van der Waals surface area contributed by atoms with E-state index in [4.69, 9.17) is 4.74 Å². The number of nitrogens with zero attached hydrogens (tertiary/aromatic N) is 2. The van der Waals surface area contributed by atoms with E-state index in [9.17, 15) is 4.79 Å². The average Bonchev–Trinajstić information content (AvgIpc) is 3.22. The van der Waals surface area contributed by atoms with Crippen LogP contribution in [0.2, 0.25) is 0 Å². The maximum atomic E-state index is 12.0. The minimum absolute atomic E-state index is 0.0235. The number of aromatic nitrogens is 2. The molecule has 1 unspecified atom stereocenters. The van der Waals surface area contributed by atoms with Crippen molar-refractivity contribution >= 4 is 17.7 Å². The fraction of sp³-hybridized carbons (Fsp3) is 0.444. The highest BCUT2D eigenvalue weighted by Crippen LogP contribution is 2.25. The van der Waals surface area contributed by atoms with Crippen LogP contribution in [0.4, 0.5) is 0 Å². The van der Waals surface area contributed by atoms with Gasteiger partial charge in [-0.3, -0.25) is 4.79 Å². The minimum atomic E-state index is 0.0235. The van der Waals surface area contributed by atoms with Crippen molar-refractivity contribution in [2.24, 2.45) is 7.05 Å². The first-order valence-corrected chi connectivity index (χ1v) is 9.22. The lowest BCUT2D eigenvalue weighted by molar-refractivity contribution is -0.119. The van der Waals surface area contributed by atoms with Crippen molar-refractivity contribution in [3.63, 3.8) is 0 Å². The van der Waals surface area contributed by atoms with E-state index in [-0.39, 0.29) is 12.0 Å². The highest BCUT2D eigenvalue weighted by atomic mass is 32.2. The fourth-order valence-corrected chi connectivity index (χ4v) is 3.51. The maximum Gasteiger partial charge on any atom is 0.230 e. The van der Waals surface area contributed by atoms with Crippen LogP contribution in [0.1, 0.15) is 18.4 Å². The number of hydrogen-bond acceptors (Lipinski definition) is 4. The summed E-state index contributed by atoms with van der Waals surface area (Å²) in [6.45, 7) is 3.49. The molecule has 0 saturated carbocycles. The molecule has 1 N–H and O–H groups in total. The molecule has 1 saturated heterocycles. The minimum Gasteiger partial charge on any atom is -0.376 e. The van der Waals surface area contributed by atoms with Crippen molar-refractivity contribution in [3.8, 4) is 11.3 Å². The second kappa shape index (κ2) is 7.85. The third-order valence-electron chi connectivity index (χ3n) is 4.18. The second-order valence-electron chi connectivity index (χ2n) is 6.08. The van der Waals surface area contributed by atoms with E-state index in [1.54, 1.807) is 0 Å². The highest BCUT2D eigenvalue weighted by Gasteiger charge is 2.16. The van der Waals surface area contributed by atoms with E-state index >= 15 is 0 Å². The lowest BCUT2D eigenvalue weighted by Crippen LogP contribution is -2.32. The van der Waals surface area contributed by atoms with E-state index in [2.05, 4.69) is 41.5 Å². The number of hydrogen-bond donors (Lipinski definition) is 1. The first-order chi connectivity index (χ1) is 11.6. The number of thioether (sulfide) groups is 1. The molecule has 0 spiro atoms. The van der Waals surface area contributed by atoms with E-state index in [1.165, 1.54) is 17.3 Å². The zero-order valence-corrected chi connectivity index (χ0v) is 14.9. The molecule has 2 heterocycles. The van der Waals surface area contributed by atoms with Gasteiger partial charge < -0.3 is 14.6 Å². The summed E-state index contributed by atoms with van der Waals surface area (Å²) >= 11 is 1.46. The number of ether oxygens (including phenoxy) is 1. The molecule has 5 nitrogen and oxygen atoms in total. The van der Waals surface area contributed by atoms with E-state index in [1.807, 2.05) is 17.8 Å². The summed E-state index contributed by atoms with van der Waals surface area (Å²) in [6, 6.07) is 8.37. The lowest BCUT2D eigenvalue weighted by atomic mass is 10.1. The Morgan fingerprint density at radius 1 is 1.42 bits per heavy atom. The standard InChI is InChI=1S/C18H23N3O2S/c1-13-5-7-14(8-6-13)16-11-20-18(21(16)2)24-12-17(22)19-10-15-4-3-9-23-15/h5-8,11,15H,3-4,9-10,12H2,1-2H3,(H,19,22). The summed E-state index contributed by atoms with van der Waals surface area (Å²) in [5.41, 5.74) is 3.42. The van der Waals surface area contributed by atoms with Gasteiger partial charge in [0.2, 0.25) is 5.91 Å². The van der Waals surface area contributed by atoms with Gasteiger partial charge in [0, 0.05) is 20.2 Å². The Bertz CT molecular complexity index is 691. The van der Waals surface area contributed by atoms with Crippen LogP contribution in [0.15, 0.2) is 35.6 Å². The van der Waals surface area contributed by atoms with Crippen molar-refractivity contribution < 1.29 is 9.53 Å². The zero-order chi connectivity index (χ0) is 16.9. The van der Waals surface area contributed by atoms with Gasteiger partial charge in [0.25, 0.3) is 0 Å². The zero-order valence-electron chi connectivity index (χ0n) is 14.1. The number of nitrogens with one attached hydrogen (secondary N) is 1. The maximum absolute atomic E-state index is 12.0. The van der Waals surface area contributed by atoms with Gasteiger partial charge in [0.15, 0.2) is 5.16 Å². The third-order valence-corrected chi connectivity index (χ3v) is 5.22. The molecule has 0 radical (unpaired) electrons. The van der Waals surface area contributed by atoms with Gasteiger partial charge in [0.05, 0.1) is 23.7 Å². The van der Waals surface area contributed by atoms with Crippen LogP contribution in [-0.4, -0.2) is 40.5 Å². The molecule has 1 aliphatic rings. The number of aryl methyl sites for hydroxylation is 1. The molecule has 0 bridgehead atoms. The largest absolute Gasteiger partial charge is 0.376 e.